The monoisotopic (exact) mass is 195 g/mol. The van der Waals surface area contributed by atoms with E-state index in [-0.39, 0.29) is 0 Å². The maximum absolute atomic E-state index is 11.1. The molecule has 12 heavy (non-hydrogen) atoms. The van der Waals surface area contributed by atoms with Gasteiger partial charge in [-0.2, -0.15) is 0 Å². The van der Waals surface area contributed by atoms with E-state index in [4.69, 9.17) is 9.79 Å². The summed E-state index contributed by atoms with van der Waals surface area (Å²) in [6.45, 7) is 4.49. The molecule has 0 unspecified atom stereocenters. The Morgan fingerprint density at radius 3 is 2.00 bits per heavy atom. The molecule has 0 bridgehead atoms. The zero-order chi connectivity index (χ0) is 9.78. The average Bonchev–Trinajstić information content (AvgIpc) is 1.85. The lowest BCUT2D eigenvalue weighted by Crippen LogP contribution is -2.32. The molecule has 0 heterocycles. The number of hydrogen-bond donors (Lipinski definition) is 2. The zero-order valence-corrected chi connectivity index (χ0v) is 8.12. The fourth-order valence-corrected chi connectivity index (χ4v) is 1.40. The maximum Gasteiger partial charge on any atom is 0.334 e. The Bertz CT molecular complexity index is 196. The summed E-state index contributed by atoms with van der Waals surface area (Å²) in [7, 11) is -4.19. The highest BCUT2D eigenvalue weighted by molar-refractivity contribution is 7.52. The second-order valence-electron chi connectivity index (χ2n) is 2.39. The van der Waals surface area contributed by atoms with Crippen molar-refractivity contribution in [2.45, 2.75) is 13.8 Å². The molecule has 1 amide bonds. The molecule has 0 aliphatic rings. The smallest absolute Gasteiger partial charge is 0.334 e. The van der Waals surface area contributed by atoms with Crippen LogP contribution in [0.1, 0.15) is 13.8 Å². The largest absolute Gasteiger partial charge is 0.343 e. The van der Waals surface area contributed by atoms with Crippen LogP contribution < -0.4 is 0 Å². The summed E-state index contributed by atoms with van der Waals surface area (Å²) in [5.41, 5.74) is 0. The summed E-state index contributed by atoms with van der Waals surface area (Å²) in [6, 6.07) is 0. The molecular weight excluding hydrogens is 181 g/mol. The van der Waals surface area contributed by atoms with Crippen LogP contribution in [0, 0.1) is 0 Å². The summed E-state index contributed by atoms with van der Waals surface area (Å²) in [6.07, 6.45) is -0.686. The molecule has 0 aliphatic heterocycles. The highest BCUT2D eigenvalue weighted by atomic mass is 31.2. The molecule has 0 rings (SSSR count). The molecular formula is C6H14NO4P. The van der Waals surface area contributed by atoms with Gasteiger partial charge < -0.3 is 14.7 Å². The van der Waals surface area contributed by atoms with E-state index >= 15 is 0 Å². The molecule has 0 saturated heterocycles. The quantitative estimate of drug-likeness (QED) is 0.620. The number of rotatable bonds is 4. The van der Waals surface area contributed by atoms with Crippen LogP contribution in [0.4, 0.5) is 0 Å². The lowest BCUT2D eigenvalue weighted by molar-refractivity contribution is -0.128. The molecule has 0 aromatic rings. The van der Waals surface area contributed by atoms with Crippen molar-refractivity contribution in [3.05, 3.63) is 0 Å². The van der Waals surface area contributed by atoms with Gasteiger partial charge in [0.2, 0.25) is 5.91 Å². The van der Waals surface area contributed by atoms with Crippen LogP contribution in [0.2, 0.25) is 0 Å². The van der Waals surface area contributed by atoms with Gasteiger partial charge in [0.05, 0.1) is 0 Å². The van der Waals surface area contributed by atoms with Gasteiger partial charge in [0.25, 0.3) is 0 Å². The van der Waals surface area contributed by atoms with E-state index in [2.05, 4.69) is 0 Å². The molecule has 0 fully saturated rings. The van der Waals surface area contributed by atoms with E-state index in [1.54, 1.807) is 13.8 Å². The van der Waals surface area contributed by atoms with Crippen LogP contribution >= 0.6 is 7.60 Å². The third-order valence-electron chi connectivity index (χ3n) is 1.46. The Kier molecular flexibility index (Phi) is 4.45. The molecule has 0 aromatic heterocycles. The first kappa shape index (κ1) is 11.6. The van der Waals surface area contributed by atoms with Gasteiger partial charge in [0.1, 0.15) is 6.16 Å². The second kappa shape index (κ2) is 4.60. The molecule has 0 aliphatic carbocycles. The Morgan fingerprint density at radius 1 is 1.33 bits per heavy atom. The van der Waals surface area contributed by atoms with Gasteiger partial charge in [-0.25, -0.2) is 0 Å². The molecule has 72 valence electrons. The fraction of sp³-hybridized carbons (Fsp3) is 0.833. The predicted molar refractivity (Wildman–Crippen MR) is 44.8 cm³/mol. The summed E-state index contributed by atoms with van der Waals surface area (Å²) < 4.78 is 10.4. The van der Waals surface area contributed by atoms with Gasteiger partial charge in [-0.15, -0.1) is 0 Å². The van der Waals surface area contributed by atoms with Crippen molar-refractivity contribution in [1.29, 1.82) is 0 Å². The minimum Gasteiger partial charge on any atom is -0.343 e. The van der Waals surface area contributed by atoms with Crippen molar-refractivity contribution < 1.29 is 19.1 Å². The average molecular weight is 195 g/mol. The van der Waals surface area contributed by atoms with Crippen molar-refractivity contribution in [2.24, 2.45) is 0 Å². The summed E-state index contributed by atoms with van der Waals surface area (Å²) in [4.78, 5) is 29.4. The SMILES string of the molecule is CCN(CC)C(=O)CP(=O)(O)O. The molecule has 2 N–H and O–H groups in total. The zero-order valence-electron chi connectivity index (χ0n) is 7.23. The van der Waals surface area contributed by atoms with Gasteiger partial charge in [-0.1, -0.05) is 0 Å². The number of hydrogen-bond acceptors (Lipinski definition) is 2. The third kappa shape index (κ3) is 4.49. The fourth-order valence-electron chi connectivity index (χ4n) is 0.853. The van der Waals surface area contributed by atoms with Crippen LogP contribution in [0.25, 0.3) is 0 Å². The van der Waals surface area contributed by atoms with Gasteiger partial charge in [0, 0.05) is 13.1 Å². The van der Waals surface area contributed by atoms with E-state index in [1.807, 2.05) is 0 Å². The number of carbonyl (C=O) groups excluding carboxylic acids is 1. The highest BCUT2D eigenvalue weighted by Crippen LogP contribution is 2.34. The molecule has 0 saturated carbocycles. The normalized spacial score (nSPS) is 11.3. The van der Waals surface area contributed by atoms with Crippen LogP contribution in [0.3, 0.4) is 0 Å². The van der Waals surface area contributed by atoms with E-state index in [9.17, 15) is 9.36 Å². The van der Waals surface area contributed by atoms with Crippen molar-refractivity contribution in [2.75, 3.05) is 19.3 Å². The molecule has 5 nitrogen and oxygen atoms in total. The van der Waals surface area contributed by atoms with Crippen LogP contribution in [-0.4, -0.2) is 39.8 Å². The lowest BCUT2D eigenvalue weighted by atomic mass is 10.5. The lowest BCUT2D eigenvalue weighted by Gasteiger charge is -2.18. The van der Waals surface area contributed by atoms with E-state index < -0.39 is 19.7 Å². The van der Waals surface area contributed by atoms with Crippen molar-refractivity contribution in [3.8, 4) is 0 Å². The predicted octanol–water partition coefficient (Wildman–Crippen LogP) is 0.0325. The topological polar surface area (TPSA) is 77.8 Å². The standard InChI is InChI=1S/C6H14NO4P/c1-3-7(4-2)6(8)5-12(9,10)11/h3-5H2,1-2H3,(H2,9,10,11). The first-order chi connectivity index (χ1) is 5.40. The van der Waals surface area contributed by atoms with Crippen LogP contribution in [0.15, 0.2) is 0 Å². The molecule has 0 aromatic carbocycles. The Hall–Kier alpha value is -0.380. The van der Waals surface area contributed by atoms with Crippen LogP contribution in [0.5, 0.6) is 0 Å². The Balaban J connectivity index is 4.11. The number of carbonyl (C=O) groups is 1. The molecule has 0 atom stereocenters. The van der Waals surface area contributed by atoms with Crippen molar-refractivity contribution >= 4 is 13.5 Å². The number of amides is 1. The minimum atomic E-state index is -4.19. The molecule has 0 radical (unpaired) electrons. The third-order valence-corrected chi connectivity index (χ3v) is 2.14. The van der Waals surface area contributed by atoms with Gasteiger partial charge >= 0.3 is 7.60 Å². The van der Waals surface area contributed by atoms with Crippen molar-refractivity contribution in [3.63, 3.8) is 0 Å². The first-order valence-corrected chi connectivity index (χ1v) is 5.52. The maximum atomic E-state index is 11.1. The summed E-state index contributed by atoms with van der Waals surface area (Å²) >= 11 is 0. The molecule has 6 heteroatoms. The van der Waals surface area contributed by atoms with E-state index in [1.165, 1.54) is 4.90 Å². The van der Waals surface area contributed by atoms with Gasteiger partial charge in [-0.05, 0) is 13.8 Å². The van der Waals surface area contributed by atoms with Crippen LogP contribution in [-0.2, 0) is 9.36 Å². The summed E-state index contributed by atoms with van der Waals surface area (Å²) in [5, 5.41) is 0. The Morgan fingerprint density at radius 2 is 1.75 bits per heavy atom. The minimum absolute atomic E-state index is 0.481. The summed E-state index contributed by atoms with van der Waals surface area (Å²) in [5.74, 6) is -0.492. The highest BCUT2D eigenvalue weighted by Gasteiger charge is 2.21. The second-order valence-corrected chi connectivity index (χ2v) is 4.03. The van der Waals surface area contributed by atoms with Crippen molar-refractivity contribution in [1.82, 2.24) is 4.90 Å². The number of nitrogens with zero attached hydrogens (tertiary/aromatic N) is 1. The van der Waals surface area contributed by atoms with E-state index in [0.717, 1.165) is 0 Å². The molecule has 0 spiro atoms. The Labute approximate surface area is 71.5 Å². The van der Waals surface area contributed by atoms with Gasteiger partial charge in [-0.3, -0.25) is 9.36 Å². The first-order valence-electron chi connectivity index (χ1n) is 3.73. The van der Waals surface area contributed by atoms with E-state index in [0.29, 0.717) is 13.1 Å². The van der Waals surface area contributed by atoms with Gasteiger partial charge in [0.15, 0.2) is 0 Å².